The summed E-state index contributed by atoms with van der Waals surface area (Å²) in [7, 11) is 3.07. The van der Waals surface area contributed by atoms with Crippen LogP contribution in [0.5, 0.6) is 0 Å². The molecule has 1 amide bonds. The van der Waals surface area contributed by atoms with Crippen LogP contribution in [0.15, 0.2) is 0 Å². The summed E-state index contributed by atoms with van der Waals surface area (Å²) in [5.41, 5.74) is 0. The summed E-state index contributed by atoms with van der Waals surface area (Å²) in [6, 6.07) is 0. The zero-order chi connectivity index (χ0) is 7.28. The summed E-state index contributed by atoms with van der Waals surface area (Å²) in [5.74, 6) is 0.467. The van der Waals surface area contributed by atoms with Crippen LogP contribution < -0.4 is 0 Å². The van der Waals surface area contributed by atoms with Crippen LogP contribution in [0.1, 0.15) is 0 Å². The fraction of sp³-hybridized carbons (Fsp3) is 0.800. The predicted octanol–water partition coefficient (Wildman–Crippen LogP) is 0.369. The van der Waals surface area contributed by atoms with Gasteiger partial charge in [-0.3, -0.25) is 9.63 Å². The van der Waals surface area contributed by atoms with Crippen LogP contribution >= 0.6 is 11.8 Å². The molecular weight excluding hydrogens is 138 g/mol. The molecule has 0 unspecified atom stereocenters. The first-order valence-electron chi connectivity index (χ1n) is 2.52. The van der Waals surface area contributed by atoms with Crippen molar-refractivity contribution >= 4 is 17.7 Å². The minimum Gasteiger partial charge on any atom is -0.275 e. The third kappa shape index (κ3) is 3.37. The molecule has 0 saturated heterocycles. The summed E-state index contributed by atoms with van der Waals surface area (Å²) in [6.45, 7) is 0. The lowest BCUT2D eigenvalue weighted by atomic mass is 10.7. The van der Waals surface area contributed by atoms with Crippen LogP contribution in [0, 0.1) is 0 Å². The molecule has 0 aromatic carbocycles. The molecule has 4 heteroatoms. The number of rotatable bonds is 3. The predicted molar refractivity (Wildman–Crippen MR) is 38.2 cm³/mol. The molecule has 0 atom stereocenters. The van der Waals surface area contributed by atoms with Crippen LogP contribution in [0.4, 0.5) is 0 Å². The quantitative estimate of drug-likeness (QED) is 0.543. The van der Waals surface area contributed by atoms with Crippen LogP contribution in [-0.4, -0.2) is 37.1 Å². The number of thioether (sulfide) groups is 1. The highest BCUT2D eigenvalue weighted by molar-refractivity contribution is 7.99. The van der Waals surface area contributed by atoms with Crippen molar-refractivity contribution in [3.05, 3.63) is 0 Å². The number of carbonyl (C=O) groups excluding carboxylic acids is 1. The number of amides is 1. The molecule has 0 spiro atoms. The number of carbonyl (C=O) groups is 1. The Morgan fingerprint density at radius 1 is 1.78 bits per heavy atom. The molecule has 0 aliphatic carbocycles. The van der Waals surface area contributed by atoms with Gasteiger partial charge in [-0.05, 0) is 6.26 Å². The SMILES string of the molecule is CON(C)C(=O)CSC. The highest BCUT2D eigenvalue weighted by Gasteiger charge is 2.04. The van der Waals surface area contributed by atoms with Crippen molar-refractivity contribution in [1.29, 1.82) is 0 Å². The monoisotopic (exact) mass is 149 g/mol. The topological polar surface area (TPSA) is 29.5 Å². The highest BCUT2D eigenvalue weighted by atomic mass is 32.2. The molecule has 0 heterocycles. The van der Waals surface area contributed by atoms with Crippen molar-refractivity contribution < 1.29 is 9.63 Å². The average Bonchev–Trinajstić information content (AvgIpc) is 1.87. The smallest absolute Gasteiger partial charge is 0.255 e. The van der Waals surface area contributed by atoms with Crippen molar-refractivity contribution in [1.82, 2.24) is 5.06 Å². The van der Waals surface area contributed by atoms with Gasteiger partial charge in [-0.25, -0.2) is 5.06 Å². The van der Waals surface area contributed by atoms with Gasteiger partial charge in [-0.2, -0.15) is 11.8 Å². The van der Waals surface area contributed by atoms with Crippen molar-refractivity contribution in [2.75, 3.05) is 26.2 Å². The third-order valence-electron chi connectivity index (χ3n) is 0.893. The van der Waals surface area contributed by atoms with E-state index in [0.717, 1.165) is 0 Å². The molecule has 0 saturated carbocycles. The van der Waals surface area contributed by atoms with E-state index in [2.05, 4.69) is 4.84 Å². The fourth-order valence-corrected chi connectivity index (χ4v) is 0.745. The van der Waals surface area contributed by atoms with E-state index in [1.807, 2.05) is 6.26 Å². The minimum atomic E-state index is -0.00926. The number of hydrogen-bond donors (Lipinski definition) is 0. The molecule has 0 bridgehead atoms. The maximum atomic E-state index is 10.8. The molecule has 0 rings (SSSR count). The molecule has 0 aromatic heterocycles. The maximum Gasteiger partial charge on any atom is 0.255 e. The van der Waals surface area contributed by atoms with E-state index in [1.54, 1.807) is 7.05 Å². The number of nitrogens with zero attached hydrogens (tertiary/aromatic N) is 1. The van der Waals surface area contributed by atoms with Gasteiger partial charge in [0, 0.05) is 7.05 Å². The third-order valence-corrected chi connectivity index (χ3v) is 1.43. The average molecular weight is 149 g/mol. The van der Waals surface area contributed by atoms with Gasteiger partial charge in [0.1, 0.15) is 0 Å². The Hall–Kier alpha value is -0.220. The van der Waals surface area contributed by atoms with E-state index < -0.39 is 0 Å². The summed E-state index contributed by atoms with van der Waals surface area (Å²) in [6.07, 6.45) is 1.88. The molecule has 0 aliphatic rings. The lowest BCUT2D eigenvalue weighted by Crippen LogP contribution is -2.26. The van der Waals surface area contributed by atoms with Crippen LogP contribution in [0.25, 0.3) is 0 Å². The second-order valence-electron chi connectivity index (χ2n) is 1.51. The summed E-state index contributed by atoms with van der Waals surface area (Å²) < 4.78 is 0. The van der Waals surface area contributed by atoms with Crippen molar-refractivity contribution in [2.45, 2.75) is 0 Å². The summed E-state index contributed by atoms with van der Waals surface area (Å²) >= 11 is 1.48. The van der Waals surface area contributed by atoms with E-state index in [4.69, 9.17) is 0 Å². The standard InChI is InChI=1S/C5H11NO2S/c1-6(8-2)5(7)4-9-3/h4H2,1-3H3. The van der Waals surface area contributed by atoms with E-state index in [-0.39, 0.29) is 5.91 Å². The van der Waals surface area contributed by atoms with Gasteiger partial charge in [0.15, 0.2) is 0 Å². The Labute approximate surface area is 59.3 Å². The second-order valence-corrected chi connectivity index (χ2v) is 2.37. The number of hydroxylamine groups is 2. The van der Waals surface area contributed by atoms with Gasteiger partial charge in [-0.1, -0.05) is 0 Å². The van der Waals surface area contributed by atoms with Gasteiger partial charge >= 0.3 is 0 Å². The molecule has 54 valence electrons. The molecule has 0 fully saturated rings. The maximum absolute atomic E-state index is 10.8. The first kappa shape index (κ1) is 8.78. The lowest BCUT2D eigenvalue weighted by Gasteiger charge is -2.11. The first-order chi connectivity index (χ1) is 4.22. The van der Waals surface area contributed by atoms with Gasteiger partial charge in [0.25, 0.3) is 5.91 Å². The Balaban J connectivity index is 3.46. The summed E-state index contributed by atoms with van der Waals surface area (Å²) in [4.78, 5) is 15.4. The zero-order valence-electron chi connectivity index (χ0n) is 5.88. The highest BCUT2D eigenvalue weighted by Crippen LogP contribution is 1.94. The van der Waals surface area contributed by atoms with E-state index in [9.17, 15) is 4.79 Å². The molecule has 9 heavy (non-hydrogen) atoms. The Morgan fingerprint density at radius 2 is 2.33 bits per heavy atom. The molecular formula is C5H11NO2S. The zero-order valence-corrected chi connectivity index (χ0v) is 6.70. The molecule has 0 aliphatic heterocycles. The second kappa shape index (κ2) is 4.64. The van der Waals surface area contributed by atoms with Gasteiger partial charge in [0.05, 0.1) is 12.9 Å². The van der Waals surface area contributed by atoms with Crippen LogP contribution in [0.2, 0.25) is 0 Å². The minimum absolute atomic E-state index is 0.00926. The largest absolute Gasteiger partial charge is 0.275 e. The first-order valence-corrected chi connectivity index (χ1v) is 3.91. The Kier molecular flexibility index (Phi) is 4.53. The summed E-state index contributed by atoms with van der Waals surface area (Å²) in [5, 5.41) is 1.22. The number of hydrogen-bond acceptors (Lipinski definition) is 3. The lowest BCUT2D eigenvalue weighted by molar-refractivity contribution is -0.165. The van der Waals surface area contributed by atoms with E-state index >= 15 is 0 Å². The van der Waals surface area contributed by atoms with Gasteiger partial charge < -0.3 is 0 Å². The molecule has 0 radical (unpaired) electrons. The molecule has 0 aromatic rings. The van der Waals surface area contributed by atoms with Crippen LogP contribution in [0.3, 0.4) is 0 Å². The van der Waals surface area contributed by atoms with Crippen LogP contribution in [-0.2, 0) is 9.63 Å². The Bertz CT molecular complexity index is 97.0. The van der Waals surface area contributed by atoms with Crippen molar-refractivity contribution in [2.24, 2.45) is 0 Å². The molecule has 0 N–H and O–H groups in total. The van der Waals surface area contributed by atoms with E-state index in [0.29, 0.717) is 5.75 Å². The van der Waals surface area contributed by atoms with Crippen molar-refractivity contribution in [3.63, 3.8) is 0 Å². The van der Waals surface area contributed by atoms with Crippen molar-refractivity contribution in [3.8, 4) is 0 Å². The normalized spacial score (nSPS) is 9.22. The van der Waals surface area contributed by atoms with Gasteiger partial charge in [-0.15, -0.1) is 0 Å². The van der Waals surface area contributed by atoms with Gasteiger partial charge in [0.2, 0.25) is 0 Å². The molecule has 3 nitrogen and oxygen atoms in total. The van der Waals surface area contributed by atoms with E-state index in [1.165, 1.54) is 23.9 Å². The fourth-order valence-electron chi connectivity index (χ4n) is 0.316. The Morgan fingerprint density at radius 3 is 2.67 bits per heavy atom.